The van der Waals surface area contributed by atoms with E-state index in [0.29, 0.717) is 12.4 Å². The Kier molecular flexibility index (Phi) is 7.47. The average molecular weight is 422 g/mol. The molecule has 1 amide bonds. The van der Waals surface area contributed by atoms with Crippen LogP contribution in [0.25, 0.3) is 11.3 Å². The first-order valence-electron chi connectivity index (χ1n) is 10.6. The smallest absolute Gasteiger partial charge is 0.287 e. The predicted octanol–water partition coefficient (Wildman–Crippen LogP) is 4.38. The van der Waals surface area contributed by atoms with Crippen molar-refractivity contribution in [2.45, 2.75) is 45.9 Å². The van der Waals surface area contributed by atoms with E-state index in [1.54, 1.807) is 13.3 Å². The number of imidazole rings is 1. The summed E-state index contributed by atoms with van der Waals surface area (Å²) in [6.45, 7) is 6.48. The molecule has 2 aromatic carbocycles. The van der Waals surface area contributed by atoms with Gasteiger partial charge in [0.25, 0.3) is 5.91 Å². The van der Waals surface area contributed by atoms with Gasteiger partial charge in [0.15, 0.2) is 5.82 Å². The van der Waals surface area contributed by atoms with Crippen molar-refractivity contribution in [3.05, 3.63) is 71.7 Å². The van der Waals surface area contributed by atoms with Crippen LogP contribution < -0.4 is 10.1 Å². The molecule has 0 saturated heterocycles. The molecule has 0 bridgehead atoms. The molecular formula is C25H31N3O3. The second kappa shape index (κ2) is 10.3. The standard InChI is InChI=1S/C25H31N3O3/c1-17(2)31-18(3)13-19-11-12-23(30-5)21(14-19)15-27-25(29)24-26-16-22(28(24)4)20-9-7-6-8-10-20/h6-12,14,16-18H,13,15H2,1-5H3,(H,27,29). The lowest BCUT2D eigenvalue weighted by Gasteiger charge is -2.17. The molecule has 6 heteroatoms. The van der Waals surface area contributed by atoms with E-state index in [-0.39, 0.29) is 18.1 Å². The zero-order valence-corrected chi connectivity index (χ0v) is 18.9. The Morgan fingerprint density at radius 1 is 1.13 bits per heavy atom. The summed E-state index contributed by atoms with van der Waals surface area (Å²) in [4.78, 5) is 17.1. The summed E-state index contributed by atoms with van der Waals surface area (Å²) in [6.07, 6.45) is 2.81. The Morgan fingerprint density at radius 2 is 1.87 bits per heavy atom. The molecule has 3 aromatic rings. The van der Waals surface area contributed by atoms with Crippen molar-refractivity contribution < 1.29 is 14.3 Å². The largest absolute Gasteiger partial charge is 0.496 e. The van der Waals surface area contributed by atoms with Gasteiger partial charge in [0.05, 0.1) is 31.2 Å². The maximum absolute atomic E-state index is 12.8. The number of nitrogens with zero attached hydrogens (tertiary/aromatic N) is 2. The Morgan fingerprint density at radius 3 is 2.55 bits per heavy atom. The first-order chi connectivity index (χ1) is 14.9. The van der Waals surface area contributed by atoms with E-state index in [9.17, 15) is 4.79 Å². The number of benzene rings is 2. The van der Waals surface area contributed by atoms with Gasteiger partial charge in [0.1, 0.15) is 5.75 Å². The zero-order chi connectivity index (χ0) is 22.4. The molecule has 0 spiro atoms. The highest BCUT2D eigenvalue weighted by Gasteiger charge is 2.16. The van der Waals surface area contributed by atoms with Crippen molar-refractivity contribution in [2.75, 3.05) is 7.11 Å². The van der Waals surface area contributed by atoms with E-state index in [4.69, 9.17) is 9.47 Å². The van der Waals surface area contributed by atoms with Gasteiger partial charge in [-0.3, -0.25) is 4.79 Å². The van der Waals surface area contributed by atoms with Crippen LogP contribution in [0.1, 0.15) is 42.5 Å². The van der Waals surface area contributed by atoms with Crippen LogP contribution in [0.3, 0.4) is 0 Å². The molecule has 31 heavy (non-hydrogen) atoms. The van der Waals surface area contributed by atoms with Crippen LogP contribution in [0, 0.1) is 0 Å². The third-order valence-corrected chi connectivity index (χ3v) is 5.07. The molecule has 0 aliphatic carbocycles. The Bertz CT molecular complexity index is 1010. The predicted molar refractivity (Wildman–Crippen MR) is 122 cm³/mol. The van der Waals surface area contributed by atoms with Crippen molar-refractivity contribution >= 4 is 5.91 Å². The van der Waals surface area contributed by atoms with E-state index in [1.807, 2.05) is 67.9 Å². The van der Waals surface area contributed by atoms with E-state index in [1.165, 1.54) is 0 Å². The van der Waals surface area contributed by atoms with Gasteiger partial charge >= 0.3 is 0 Å². The number of hydrogen-bond donors (Lipinski definition) is 1. The highest BCUT2D eigenvalue weighted by molar-refractivity contribution is 5.91. The highest BCUT2D eigenvalue weighted by atomic mass is 16.5. The first-order valence-corrected chi connectivity index (χ1v) is 10.6. The summed E-state index contributed by atoms with van der Waals surface area (Å²) in [6, 6.07) is 15.9. The maximum atomic E-state index is 12.8. The summed E-state index contributed by atoms with van der Waals surface area (Å²) >= 11 is 0. The molecule has 0 fully saturated rings. The van der Waals surface area contributed by atoms with Crippen LogP contribution in [0.4, 0.5) is 0 Å². The fourth-order valence-electron chi connectivity index (χ4n) is 3.69. The van der Waals surface area contributed by atoms with E-state index in [2.05, 4.69) is 23.3 Å². The van der Waals surface area contributed by atoms with Crippen molar-refractivity contribution in [3.63, 3.8) is 0 Å². The fourth-order valence-corrected chi connectivity index (χ4v) is 3.69. The Labute approximate surface area is 184 Å². The molecule has 1 unspecified atom stereocenters. The van der Waals surface area contributed by atoms with Gasteiger partial charge in [0.2, 0.25) is 0 Å². The van der Waals surface area contributed by atoms with Crippen molar-refractivity contribution in [3.8, 4) is 17.0 Å². The molecule has 164 valence electrons. The van der Waals surface area contributed by atoms with E-state index >= 15 is 0 Å². The van der Waals surface area contributed by atoms with Crippen LogP contribution in [-0.2, 0) is 24.8 Å². The van der Waals surface area contributed by atoms with Gasteiger partial charge in [-0.25, -0.2) is 4.98 Å². The quantitative estimate of drug-likeness (QED) is 0.557. The van der Waals surface area contributed by atoms with Crippen LogP contribution >= 0.6 is 0 Å². The fraction of sp³-hybridized carbons (Fsp3) is 0.360. The van der Waals surface area contributed by atoms with Gasteiger partial charge in [-0.1, -0.05) is 42.5 Å². The summed E-state index contributed by atoms with van der Waals surface area (Å²) in [5, 5.41) is 2.97. The van der Waals surface area contributed by atoms with Crippen molar-refractivity contribution in [1.29, 1.82) is 0 Å². The number of carbonyl (C=O) groups excluding carboxylic acids is 1. The Hall–Kier alpha value is -3.12. The van der Waals surface area contributed by atoms with E-state index in [0.717, 1.165) is 34.6 Å². The lowest BCUT2D eigenvalue weighted by Crippen LogP contribution is -2.26. The average Bonchev–Trinajstić information content (AvgIpc) is 3.13. The second-order valence-corrected chi connectivity index (χ2v) is 7.92. The minimum absolute atomic E-state index is 0.111. The van der Waals surface area contributed by atoms with E-state index < -0.39 is 0 Å². The number of rotatable bonds is 9. The normalized spacial score (nSPS) is 12.1. The minimum atomic E-state index is -0.228. The summed E-state index contributed by atoms with van der Waals surface area (Å²) in [7, 11) is 3.48. The zero-order valence-electron chi connectivity index (χ0n) is 18.9. The van der Waals surface area contributed by atoms with Gasteiger partial charge in [0, 0.05) is 19.2 Å². The Balaban J connectivity index is 1.71. The summed E-state index contributed by atoms with van der Waals surface area (Å²) in [5.74, 6) is 0.882. The number of ether oxygens (including phenoxy) is 2. The minimum Gasteiger partial charge on any atom is -0.496 e. The second-order valence-electron chi connectivity index (χ2n) is 7.92. The van der Waals surface area contributed by atoms with Crippen molar-refractivity contribution in [2.24, 2.45) is 7.05 Å². The highest BCUT2D eigenvalue weighted by Crippen LogP contribution is 2.22. The number of methoxy groups -OCH3 is 1. The van der Waals surface area contributed by atoms with Gasteiger partial charge < -0.3 is 19.4 Å². The number of hydrogen-bond acceptors (Lipinski definition) is 4. The lowest BCUT2D eigenvalue weighted by molar-refractivity contribution is 0.0194. The molecule has 1 N–H and O–H groups in total. The molecule has 3 rings (SSSR count). The molecule has 1 atom stereocenters. The van der Waals surface area contributed by atoms with Gasteiger partial charge in [-0.2, -0.15) is 0 Å². The molecule has 0 radical (unpaired) electrons. The van der Waals surface area contributed by atoms with Crippen LogP contribution in [0.5, 0.6) is 5.75 Å². The molecule has 0 saturated carbocycles. The molecule has 1 aromatic heterocycles. The van der Waals surface area contributed by atoms with Gasteiger partial charge in [-0.15, -0.1) is 0 Å². The molecule has 1 heterocycles. The molecule has 6 nitrogen and oxygen atoms in total. The monoisotopic (exact) mass is 421 g/mol. The molecule has 0 aliphatic rings. The lowest BCUT2D eigenvalue weighted by atomic mass is 10.0. The number of aromatic nitrogens is 2. The third kappa shape index (κ3) is 5.73. The van der Waals surface area contributed by atoms with Crippen molar-refractivity contribution in [1.82, 2.24) is 14.9 Å². The molecule has 0 aliphatic heterocycles. The maximum Gasteiger partial charge on any atom is 0.287 e. The molecular weight excluding hydrogens is 390 g/mol. The summed E-state index contributed by atoms with van der Waals surface area (Å²) in [5.41, 5.74) is 3.97. The summed E-state index contributed by atoms with van der Waals surface area (Å²) < 4.78 is 13.1. The number of amides is 1. The number of carbonyl (C=O) groups is 1. The number of nitrogens with one attached hydrogen (secondary N) is 1. The van der Waals surface area contributed by atoms with Crippen LogP contribution in [0.2, 0.25) is 0 Å². The third-order valence-electron chi connectivity index (χ3n) is 5.07. The topological polar surface area (TPSA) is 65.4 Å². The van der Waals surface area contributed by atoms with Gasteiger partial charge in [-0.05, 0) is 44.4 Å². The van der Waals surface area contributed by atoms with Crippen LogP contribution in [-0.4, -0.2) is 34.8 Å². The van der Waals surface area contributed by atoms with Crippen LogP contribution in [0.15, 0.2) is 54.7 Å². The first kappa shape index (κ1) is 22.6. The SMILES string of the molecule is COc1ccc(CC(C)OC(C)C)cc1CNC(=O)c1ncc(-c2ccccc2)n1C.